The number of para-hydroxylation sites is 5. The van der Waals surface area contributed by atoms with Gasteiger partial charge >= 0.3 is 0 Å². The van der Waals surface area contributed by atoms with Crippen molar-refractivity contribution in [3.8, 4) is 102 Å². The van der Waals surface area contributed by atoms with E-state index in [0.29, 0.717) is 34.9 Å². The molecule has 20 aromatic rings. The van der Waals surface area contributed by atoms with Crippen molar-refractivity contribution in [3.63, 3.8) is 0 Å². The maximum absolute atomic E-state index is 6.60. The zero-order valence-corrected chi connectivity index (χ0v) is 54.5. The molecule has 0 aliphatic rings. The fourth-order valence-electron chi connectivity index (χ4n) is 14.2. The van der Waals surface area contributed by atoms with Gasteiger partial charge in [0.15, 0.2) is 34.9 Å². The van der Waals surface area contributed by atoms with Crippen LogP contribution in [0.1, 0.15) is 0 Å². The lowest BCUT2D eigenvalue weighted by Gasteiger charge is -2.09. The first-order valence-corrected chi connectivity index (χ1v) is 34.2. The van der Waals surface area contributed by atoms with E-state index >= 15 is 0 Å². The SMILES string of the molecule is c1ccc(-c2nc(-c3ccccc3)nc(-c3cccc4c3oc3ccc(-c5ccc6c(c5)c5ccccc5n6-c5ccccc5)cc34)n2)cc1.c1ccc(-c2nc(-c3ccccc3)nc(-c3cccc4c3sc3cc(-c5ccc6c(c5)c5ccccc5n6-c5ccccc5)ccc34)n2)cc1. The molecule has 0 saturated carbocycles. The molecule has 0 saturated heterocycles. The monoisotopic (exact) mass is 1300 g/mol. The van der Waals surface area contributed by atoms with E-state index in [1.165, 1.54) is 80.6 Å². The molecule has 9 nitrogen and oxygen atoms in total. The van der Waals surface area contributed by atoms with Crippen molar-refractivity contribution < 1.29 is 4.42 Å². The molecular weight excluding hydrogens is 1240 g/mol. The van der Waals surface area contributed by atoms with E-state index in [9.17, 15) is 0 Å². The van der Waals surface area contributed by atoms with Crippen molar-refractivity contribution in [1.82, 2.24) is 39.0 Å². The van der Waals surface area contributed by atoms with Crippen LogP contribution in [0.15, 0.2) is 344 Å². The fourth-order valence-corrected chi connectivity index (χ4v) is 15.4. The number of fused-ring (bicyclic) bond motifs is 12. The Morgan fingerprint density at radius 3 is 1.08 bits per heavy atom. The van der Waals surface area contributed by atoms with E-state index in [0.717, 1.165) is 72.1 Å². The average Bonchev–Trinajstić information content (AvgIpc) is 1.58. The van der Waals surface area contributed by atoms with Crippen molar-refractivity contribution in [3.05, 3.63) is 340 Å². The van der Waals surface area contributed by atoms with Crippen molar-refractivity contribution >= 4 is 97.1 Å². The highest BCUT2D eigenvalue weighted by atomic mass is 32.1. The van der Waals surface area contributed by atoms with Crippen LogP contribution in [0.5, 0.6) is 0 Å². The summed E-state index contributed by atoms with van der Waals surface area (Å²) in [7, 11) is 0. The molecule has 0 amide bonds. The Balaban J connectivity index is 0.000000139. The molecule has 0 atom stereocenters. The third-order valence-corrected chi connectivity index (χ3v) is 20.1. The maximum Gasteiger partial charge on any atom is 0.167 e. The Labute approximate surface area is 578 Å². The highest BCUT2D eigenvalue weighted by molar-refractivity contribution is 7.26. The first-order valence-electron chi connectivity index (χ1n) is 33.4. The van der Waals surface area contributed by atoms with Gasteiger partial charge in [0, 0.05) is 91.7 Å². The van der Waals surface area contributed by atoms with Gasteiger partial charge in [0.1, 0.15) is 11.2 Å². The van der Waals surface area contributed by atoms with Crippen molar-refractivity contribution in [2.75, 3.05) is 0 Å². The Bertz CT molecular complexity index is 6260. The summed E-state index contributed by atoms with van der Waals surface area (Å²) in [6.07, 6.45) is 0. The van der Waals surface area contributed by atoms with Gasteiger partial charge in [-0.25, -0.2) is 29.9 Å². The molecule has 14 aromatic carbocycles. The summed E-state index contributed by atoms with van der Waals surface area (Å²) in [6.45, 7) is 0. The Morgan fingerprint density at radius 2 is 0.590 bits per heavy atom. The number of nitrogens with zero attached hydrogens (tertiary/aromatic N) is 8. The van der Waals surface area contributed by atoms with Crippen LogP contribution in [0, 0.1) is 0 Å². The van der Waals surface area contributed by atoms with Crippen LogP contribution in [0.25, 0.3) is 188 Å². The van der Waals surface area contributed by atoms with Crippen LogP contribution < -0.4 is 0 Å². The van der Waals surface area contributed by atoms with Crippen molar-refractivity contribution in [1.29, 1.82) is 0 Å². The van der Waals surface area contributed by atoms with Crippen molar-refractivity contribution in [2.45, 2.75) is 0 Å². The lowest BCUT2D eigenvalue weighted by atomic mass is 10.00. The van der Waals surface area contributed by atoms with Gasteiger partial charge in [-0.05, 0) is 113 Å². The summed E-state index contributed by atoms with van der Waals surface area (Å²) >= 11 is 1.80. The molecule has 10 heteroatoms. The second-order valence-corrected chi connectivity index (χ2v) is 26.0. The number of hydrogen-bond acceptors (Lipinski definition) is 8. The van der Waals surface area contributed by atoms with Crippen LogP contribution in [0.2, 0.25) is 0 Å². The van der Waals surface area contributed by atoms with Gasteiger partial charge in [-0.2, -0.15) is 0 Å². The molecule has 20 rings (SSSR count). The van der Waals surface area contributed by atoms with Gasteiger partial charge in [-0.15, -0.1) is 11.3 Å². The van der Waals surface area contributed by atoms with Crippen molar-refractivity contribution in [2.24, 2.45) is 0 Å². The van der Waals surface area contributed by atoms with Gasteiger partial charge in [-0.1, -0.05) is 249 Å². The number of rotatable bonds is 10. The van der Waals surface area contributed by atoms with E-state index < -0.39 is 0 Å². The molecule has 0 N–H and O–H groups in total. The second kappa shape index (κ2) is 24.4. The van der Waals surface area contributed by atoms with E-state index in [1.807, 2.05) is 127 Å². The van der Waals surface area contributed by atoms with Gasteiger partial charge in [0.2, 0.25) is 0 Å². The molecule has 0 radical (unpaired) electrons. The molecule has 0 spiro atoms. The smallest absolute Gasteiger partial charge is 0.167 e. The molecule has 100 heavy (non-hydrogen) atoms. The van der Waals surface area contributed by atoms with E-state index in [1.54, 1.807) is 11.3 Å². The Hall–Kier alpha value is -13.3. The van der Waals surface area contributed by atoms with Crippen LogP contribution in [0.3, 0.4) is 0 Å². The number of hydrogen-bond donors (Lipinski definition) is 0. The van der Waals surface area contributed by atoms with Gasteiger partial charge < -0.3 is 13.6 Å². The minimum absolute atomic E-state index is 0.572. The predicted molar refractivity (Wildman–Crippen MR) is 412 cm³/mol. The molecule has 6 heterocycles. The standard InChI is InChI=1S/C45H28N4O.C45H28N4S/c1-4-13-29(14-5-1)43-46-44(30-15-6-2-7-16-30)48-45(47-43)36-21-12-20-35-38-28-32(24-26-41(38)50-42(35)36)31-23-25-40-37(27-31)34-19-10-11-22-39(34)49(40)33-17-8-3-9-18-33;1-4-13-29(14-5-1)43-46-44(30-15-6-2-7-16-30)48-45(47-43)37-21-12-20-36-35-25-23-32(28-41(35)50-42(36)37)31-24-26-40-38(27-31)34-19-10-11-22-39(34)49(40)33-17-8-3-9-18-33/h2*1-28H. The summed E-state index contributed by atoms with van der Waals surface area (Å²) in [5.41, 5.74) is 19.0. The first kappa shape index (κ1) is 58.1. The largest absolute Gasteiger partial charge is 0.455 e. The van der Waals surface area contributed by atoms with Gasteiger partial charge in [-0.3, -0.25) is 0 Å². The molecule has 468 valence electrons. The molecule has 0 aliphatic heterocycles. The summed E-state index contributed by atoms with van der Waals surface area (Å²) < 4.78 is 13.7. The van der Waals surface area contributed by atoms with Gasteiger partial charge in [0.25, 0.3) is 0 Å². The molecule has 0 aliphatic carbocycles. The fraction of sp³-hybridized carbons (Fsp3) is 0. The topological polar surface area (TPSA) is 100 Å². The zero-order valence-electron chi connectivity index (χ0n) is 53.7. The highest BCUT2D eigenvalue weighted by Crippen LogP contribution is 2.44. The zero-order chi connectivity index (χ0) is 66.0. The van der Waals surface area contributed by atoms with Crippen LogP contribution in [-0.4, -0.2) is 39.0 Å². The maximum atomic E-state index is 6.60. The molecular formula is C90H56N8OS. The van der Waals surface area contributed by atoms with Crippen LogP contribution >= 0.6 is 11.3 Å². The average molecular weight is 1300 g/mol. The lowest BCUT2D eigenvalue weighted by Crippen LogP contribution is -2.00. The Morgan fingerprint density at radius 1 is 0.230 bits per heavy atom. The number of aromatic nitrogens is 8. The number of benzene rings is 14. The quantitative estimate of drug-likeness (QED) is 0.134. The van der Waals surface area contributed by atoms with Crippen LogP contribution in [0.4, 0.5) is 0 Å². The van der Waals surface area contributed by atoms with Crippen LogP contribution in [-0.2, 0) is 0 Å². The molecule has 0 fully saturated rings. The number of thiophene rings is 1. The lowest BCUT2D eigenvalue weighted by molar-refractivity contribution is 0.669. The van der Waals surface area contributed by atoms with E-state index in [4.69, 9.17) is 34.3 Å². The Kier molecular flexibility index (Phi) is 14.2. The molecule has 0 bridgehead atoms. The predicted octanol–water partition coefficient (Wildman–Crippen LogP) is 23.5. The molecule has 0 unspecified atom stereocenters. The number of furan rings is 1. The van der Waals surface area contributed by atoms with E-state index in [2.05, 4.69) is 221 Å². The highest BCUT2D eigenvalue weighted by Gasteiger charge is 2.22. The summed E-state index contributed by atoms with van der Waals surface area (Å²) in [5.74, 6) is 3.82. The first-order chi connectivity index (χ1) is 49.6. The van der Waals surface area contributed by atoms with E-state index in [-0.39, 0.29) is 0 Å². The molecule has 6 aromatic heterocycles. The minimum atomic E-state index is 0.572. The summed E-state index contributed by atoms with van der Waals surface area (Å²) in [5, 5.41) is 9.46. The summed E-state index contributed by atoms with van der Waals surface area (Å²) in [4.78, 5) is 29.8. The van der Waals surface area contributed by atoms with Gasteiger partial charge in [0.05, 0.1) is 27.6 Å². The second-order valence-electron chi connectivity index (χ2n) is 24.9. The normalized spacial score (nSPS) is 11.6. The minimum Gasteiger partial charge on any atom is -0.455 e. The summed E-state index contributed by atoms with van der Waals surface area (Å²) in [6, 6.07) is 118. The third kappa shape index (κ3) is 10.2. The third-order valence-electron chi connectivity index (χ3n) is 18.9.